The summed E-state index contributed by atoms with van der Waals surface area (Å²) < 4.78 is 1.92. The first kappa shape index (κ1) is 21.2. The van der Waals surface area contributed by atoms with Gasteiger partial charge in [-0.25, -0.2) is 0 Å². The van der Waals surface area contributed by atoms with E-state index in [0.717, 1.165) is 49.4 Å². The van der Waals surface area contributed by atoms with E-state index in [1.54, 1.807) is 0 Å². The van der Waals surface area contributed by atoms with Gasteiger partial charge in [-0.2, -0.15) is 0 Å². The standard InChI is InChI=1S/C26H31N3O2/c1-29-23-16-8-5-13-20(23)18-24(29)26(31)28-22-15-7-6-14-21(22)25(30)27-17-9-12-19-10-3-2-4-11-19/h2-5,8,10-11,13,16,18,21-22H,6-7,9,12,14-15,17H2,1H3,(H,27,30)(H,28,31)/t21-,22+/m1/s1. The SMILES string of the molecule is Cn1c(C(=O)N[C@H]2CCCC[C@H]2C(=O)NCCCc2ccccc2)cc2ccccc21. The second-order valence-electron chi connectivity index (χ2n) is 8.50. The number of carbonyl (C=O) groups excluding carboxylic acids is 2. The molecule has 3 aromatic rings. The zero-order valence-electron chi connectivity index (χ0n) is 18.1. The number of rotatable bonds is 7. The lowest BCUT2D eigenvalue weighted by Gasteiger charge is -2.31. The van der Waals surface area contributed by atoms with E-state index in [-0.39, 0.29) is 23.8 Å². The Morgan fingerprint density at radius 2 is 1.74 bits per heavy atom. The molecule has 1 fully saturated rings. The molecule has 1 saturated carbocycles. The van der Waals surface area contributed by atoms with Crippen LogP contribution in [0, 0.1) is 5.92 Å². The van der Waals surface area contributed by atoms with Crippen LogP contribution in [0.15, 0.2) is 60.7 Å². The van der Waals surface area contributed by atoms with E-state index in [1.807, 2.05) is 60.1 Å². The normalized spacial score (nSPS) is 18.6. The molecule has 4 rings (SSSR count). The fourth-order valence-electron chi connectivity index (χ4n) is 4.65. The molecule has 1 aromatic heterocycles. The minimum absolute atomic E-state index is 0.0649. The molecule has 0 radical (unpaired) electrons. The van der Waals surface area contributed by atoms with Crippen LogP contribution in [0.4, 0.5) is 0 Å². The number of aryl methyl sites for hydroxylation is 2. The average Bonchev–Trinajstić information content (AvgIpc) is 3.14. The molecule has 0 saturated heterocycles. The van der Waals surface area contributed by atoms with E-state index in [0.29, 0.717) is 12.2 Å². The van der Waals surface area contributed by atoms with E-state index in [9.17, 15) is 9.59 Å². The second kappa shape index (κ2) is 9.82. The molecule has 0 unspecified atom stereocenters. The van der Waals surface area contributed by atoms with Crippen molar-refractivity contribution in [1.82, 2.24) is 15.2 Å². The Labute approximate surface area is 183 Å². The van der Waals surface area contributed by atoms with Gasteiger partial charge in [0.05, 0.1) is 5.92 Å². The molecule has 0 bridgehead atoms. The summed E-state index contributed by atoms with van der Waals surface area (Å²) in [4.78, 5) is 25.9. The molecule has 31 heavy (non-hydrogen) atoms. The van der Waals surface area contributed by atoms with Crippen molar-refractivity contribution in [3.63, 3.8) is 0 Å². The van der Waals surface area contributed by atoms with E-state index in [1.165, 1.54) is 5.56 Å². The number of fused-ring (bicyclic) bond motifs is 1. The Morgan fingerprint density at radius 1 is 1.00 bits per heavy atom. The van der Waals surface area contributed by atoms with E-state index >= 15 is 0 Å². The van der Waals surface area contributed by atoms with Gasteiger partial charge in [-0.3, -0.25) is 9.59 Å². The zero-order valence-corrected chi connectivity index (χ0v) is 18.1. The zero-order chi connectivity index (χ0) is 21.6. The third kappa shape index (κ3) is 4.98. The summed E-state index contributed by atoms with van der Waals surface area (Å²) in [6.07, 6.45) is 5.60. The van der Waals surface area contributed by atoms with Gasteiger partial charge in [0.1, 0.15) is 5.69 Å². The second-order valence-corrected chi connectivity index (χ2v) is 8.50. The summed E-state index contributed by atoms with van der Waals surface area (Å²) in [6.45, 7) is 0.661. The van der Waals surface area contributed by atoms with Crippen LogP contribution in [0.1, 0.15) is 48.2 Å². The summed E-state index contributed by atoms with van der Waals surface area (Å²) in [5, 5.41) is 7.31. The van der Waals surface area contributed by atoms with E-state index in [2.05, 4.69) is 22.8 Å². The van der Waals surface area contributed by atoms with Gasteiger partial charge in [-0.15, -0.1) is 0 Å². The van der Waals surface area contributed by atoms with Crippen molar-refractivity contribution in [1.29, 1.82) is 0 Å². The third-order valence-electron chi connectivity index (χ3n) is 6.39. The first-order valence-electron chi connectivity index (χ1n) is 11.3. The molecule has 2 aromatic carbocycles. The van der Waals surface area contributed by atoms with Gasteiger partial charge < -0.3 is 15.2 Å². The van der Waals surface area contributed by atoms with Crippen LogP contribution >= 0.6 is 0 Å². The smallest absolute Gasteiger partial charge is 0.268 e. The Balaban J connectivity index is 1.34. The summed E-state index contributed by atoms with van der Waals surface area (Å²) in [7, 11) is 1.91. The Hall–Kier alpha value is -3.08. The molecular weight excluding hydrogens is 386 g/mol. The van der Waals surface area contributed by atoms with Gasteiger partial charge in [0.2, 0.25) is 5.91 Å². The predicted molar refractivity (Wildman–Crippen MR) is 124 cm³/mol. The van der Waals surface area contributed by atoms with Crippen LogP contribution < -0.4 is 10.6 Å². The highest BCUT2D eigenvalue weighted by Crippen LogP contribution is 2.26. The largest absolute Gasteiger partial charge is 0.356 e. The summed E-state index contributed by atoms with van der Waals surface area (Å²) in [5.41, 5.74) is 2.95. The maximum atomic E-state index is 13.0. The van der Waals surface area contributed by atoms with Crippen molar-refractivity contribution < 1.29 is 9.59 Å². The molecule has 1 aliphatic rings. The molecular formula is C26H31N3O2. The minimum atomic E-state index is -0.163. The van der Waals surface area contributed by atoms with Crippen molar-refractivity contribution in [3.05, 3.63) is 71.9 Å². The van der Waals surface area contributed by atoms with Crippen molar-refractivity contribution >= 4 is 22.7 Å². The highest BCUT2D eigenvalue weighted by atomic mass is 16.2. The highest BCUT2D eigenvalue weighted by Gasteiger charge is 2.32. The summed E-state index contributed by atoms with van der Waals surface area (Å²) >= 11 is 0. The first-order chi connectivity index (χ1) is 15.1. The number of hydrogen-bond acceptors (Lipinski definition) is 2. The number of carbonyl (C=O) groups is 2. The number of hydrogen-bond donors (Lipinski definition) is 2. The lowest BCUT2D eigenvalue weighted by Crippen LogP contribution is -2.48. The van der Waals surface area contributed by atoms with Crippen LogP contribution in [-0.4, -0.2) is 29.0 Å². The number of amides is 2. The monoisotopic (exact) mass is 417 g/mol. The summed E-state index contributed by atoms with van der Waals surface area (Å²) in [6, 6.07) is 20.1. The van der Waals surface area contributed by atoms with Gasteiger partial charge in [0.25, 0.3) is 5.91 Å². The Bertz CT molecular complexity index is 1040. The lowest BCUT2D eigenvalue weighted by atomic mass is 9.83. The van der Waals surface area contributed by atoms with Crippen molar-refractivity contribution in [2.75, 3.05) is 6.54 Å². The molecule has 0 aliphatic heterocycles. The topological polar surface area (TPSA) is 63.1 Å². The fourth-order valence-corrected chi connectivity index (χ4v) is 4.65. The predicted octanol–water partition coefficient (Wildman–Crippen LogP) is 4.22. The highest BCUT2D eigenvalue weighted by molar-refractivity contribution is 5.99. The first-order valence-corrected chi connectivity index (χ1v) is 11.3. The van der Waals surface area contributed by atoms with Crippen LogP contribution in [0.2, 0.25) is 0 Å². The Morgan fingerprint density at radius 3 is 2.55 bits per heavy atom. The molecule has 0 spiro atoms. The number of para-hydroxylation sites is 1. The van der Waals surface area contributed by atoms with Gasteiger partial charge in [0, 0.05) is 30.5 Å². The number of nitrogens with one attached hydrogen (secondary N) is 2. The van der Waals surface area contributed by atoms with E-state index < -0.39 is 0 Å². The van der Waals surface area contributed by atoms with Crippen molar-refractivity contribution in [2.24, 2.45) is 13.0 Å². The molecule has 5 heteroatoms. The van der Waals surface area contributed by atoms with Crippen LogP contribution in [-0.2, 0) is 18.3 Å². The minimum Gasteiger partial charge on any atom is -0.356 e. The van der Waals surface area contributed by atoms with Gasteiger partial charge >= 0.3 is 0 Å². The van der Waals surface area contributed by atoms with Gasteiger partial charge in [0.15, 0.2) is 0 Å². The van der Waals surface area contributed by atoms with E-state index in [4.69, 9.17) is 0 Å². The van der Waals surface area contributed by atoms with Crippen LogP contribution in [0.3, 0.4) is 0 Å². The van der Waals surface area contributed by atoms with Gasteiger partial charge in [-0.1, -0.05) is 61.4 Å². The molecule has 2 atom stereocenters. The molecule has 2 N–H and O–H groups in total. The third-order valence-corrected chi connectivity index (χ3v) is 6.39. The quantitative estimate of drug-likeness (QED) is 0.566. The Kier molecular flexibility index (Phi) is 6.70. The lowest BCUT2D eigenvalue weighted by molar-refractivity contribution is -0.126. The molecule has 1 heterocycles. The maximum Gasteiger partial charge on any atom is 0.268 e. The number of benzene rings is 2. The van der Waals surface area contributed by atoms with Crippen LogP contribution in [0.25, 0.3) is 10.9 Å². The average molecular weight is 418 g/mol. The van der Waals surface area contributed by atoms with Crippen molar-refractivity contribution in [2.45, 2.75) is 44.6 Å². The van der Waals surface area contributed by atoms with Crippen LogP contribution in [0.5, 0.6) is 0 Å². The molecule has 2 amide bonds. The number of aromatic nitrogens is 1. The maximum absolute atomic E-state index is 13.0. The van der Waals surface area contributed by atoms with Crippen molar-refractivity contribution in [3.8, 4) is 0 Å². The molecule has 162 valence electrons. The van der Waals surface area contributed by atoms with Gasteiger partial charge in [-0.05, 0) is 43.4 Å². The number of nitrogens with zero attached hydrogens (tertiary/aromatic N) is 1. The molecule has 5 nitrogen and oxygen atoms in total. The summed E-state index contributed by atoms with van der Waals surface area (Å²) in [5.74, 6) is -0.202. The molecule has 1 aliphatic carbocycles. The fraction of sp³-hybridized carbons (Fsp3) is 0.385.